The molecule has 0 saturated heterocycles. The van der Waals surface area contributed by atoms with Gasteiger partial charge in [0.05, 0.1) is 7.11 Å². The first-order chi connectivity index (χ1) is 13.1. The Morgan fingerprint density at radius 3 is 2.78 bits per heavy atom. The Morgan fingerprint density at radius 2 is 2.04 bits per heavy atom. The van der Waals surface area contributed by atoms with E-state index in [2.05, 4.69) is 25.1 Å². The van der Waals surface area contributed by atoms with Crippen molar-refractivity contribution in [2.24, 2.45) is 11.7 Å². The molecule has 0 fully saturated rings. The zero-order chi connectivity index (χ0) is 19.2. The molecule has 2 N–H and O–H groups in total. The molecule has 2 aromatic rings. The second-order valence-electron chi connectivity index (χ2n) is 7.85. The molecule has 0 heterocycles. The van der Waals surface area contributed by atoms with E-state index in [9.17, 15) is 4.39 Å². The summed E-state index contributed by atoms with van der Waals surface area (Å²) in [7, 11) is 1.61. The fourth-order valence-corrected chi connectivity index (χ4v) is 4.40. The lowest BCUT2D eigenvalue weighted by Crippen LogP contribution is -2.17. The topological polar surface area (TPSA) is 35.2 Å². The van der Waals surface area contributed by atoms with Crippen LogP contribution in [0, 0.1) is 11.7 Å². The summed E-state index contributed by atoms with van der Waals surface area (Å²) in [5, 5.41) is 0. The first kappa shape index (κ1) is 19.9. The maximum Gasteiger partial charge on any atom is 0.126 e. The van der Waals surface area contributed by atoms with Crippen molar-refractivity contribution >= 4 is 0 Å². The van der Waals surface area contributed by atoms with Gasteiger partial charge in [-0.3, -0.25) is 0 Å². The summed E-state index contributed by atoms with van der Waals surface area (Å²) in [5.41, 5.74) is 11.5. The lowest BCUT2D eigenvalue weighted by atomic mass is 9.79. The molecule has 2 aromatic carbocycles. The average Bonchev–Trinajstić information content (AvgIpc) is 2.70. The molecular formula is C24H32FNO. The molecule has 0 saturated carbocycles. The monoisotopic (exact) mass is 369 g/mol. The van der Waals surface area contributed by atoms with E-state index in [-0.39, 0.29) is 5.82 Å². The van der Waals surface area contributed by atoms with Gasteiger partial charge in [-0.05, 0) is 85.2 Å². The first-order valence-corrected chi connectivity index (χ1v) is 10.3. The van der Waals surface area contributed by atoms with Gasteiger partial charge in [0.2, 0.25) is 0 Å². The van der Waals surface area contributed by atoms with Crippen molar-refractivity contribution < 1.29 is 9.13 Å². The van der Waals surface area contributed by atoms with Gasteiger partial charge >= 0.3 is 0 Å². The van der Waals surface area contributed by atoms with Crippen LogP contribution in [0.15, 0.2) is 36.4 Å². The van der Waals surface area contributed by atoms with Gasteiger partial charge in [-0.25, -0.2) is 4.39 Å². The molecule has 3 rings (SSSR count). The largest absolute Gasteiger partial charge is 0.496 e. The van der Waals surface area contributed by atoms with E-state index in [0.717, 1.165) is 44.2 Å². The molecule has 1 aliphatic carbocycles. The number of methoxy groups -OCH3 is 1. The predicted octanol–water partition coefficient (Wildman–Crippen LogP) is 5.41. The van der Waals surface area contributed by atoms with Crippen molar-refractivity contribution in [3.63, 3.8) is 0 Å². The molecule has 146 valence electrons. The summed E-state index contributed by atoms with van der Waals surface area (Å²) >= 11 is 0. The number of nitrogens with two attached hydrogens (primary N) is 1. The first-order valence-electron chi connectivity index (χ1n) is 10.3. The van der Waals surface area contributed by atoms with Gasteiger partial charge in [-0.2, -0.15) is 0 Å². The number of hydrogen-bond acceptors (Lipinski definition) is 2. The van der Waals surface area contributed by atoms with Gasteiger partial charge in [0.15, 0.2) is 0 Å². The molecule has 2 atom stereocenters. The molecule has 0 aromatic heterocycles. The van der Waals surface area contributed by atoms with Crippen molar-refractivity contribution in [1.82, 2.24) is 0 Å². The zero-order valence-electron chi connectivity index (χ0n) is 16.6. The minimum Gasteiger partial charge on any atom is -0.496 e. The molecule has 1 aliphatic rings. The number of benzene rings is 2. The fourth-order valence-electron chi connectivity index (χ4n) is 4.40. The molecule has 0 spiro atoms. The summed E-state index contributed by atoms with van der Waals surface area (Å²) in [6.07, 6.45) is 7.90. The Morgan fingerprint density at radius 1 is 1.19 bits per heavy atom. The van der Waals surface area contributed by atoms with Crippen LogP contribution >= 0.6 is 0 Å². The van der Waals surface area contributed by atoms with Crippen LogP contribution in [0.3, 0.4) is 0 Å². The SMILES string of the molecule is CCCC(CN)c1ccc2c(c1)CCC(CCc1ccc(F)cc1OC)C2. The third-order valence-corrected chi connectivity index (χ3v) is 6.02. The summed E-state index contributed by atoms with van der Waals surface area (Å²) < 4.78 is 18.7. The van der Waals surface area contributed by atoms with Crippen molar-refractivity contribution in [2.75, 3.05) is 13.7 Å². The number of fused-ring (bicyclic) bond motifs is 1. The van der Waals surface area contributed by atoms with E-state index in [1.54, 1.807) is 7.11 Å². The fraction of sp³-hybridized carbons (Fsp3) is 0.500. The summed E-state index contributed by atoms with van der Waals surface area (Å²) in [5.74, 6) is 1.60. The van der Waals surface area contributed by atoms with Crippen LogP contribution in [0.5, 0.6) is 5.75 Å². The van der Waals surface area contributed by atoms with Crippen LogP contribution in [0.4, 0.5) is 4.39 Å². The van der Waals surface area contributed by atoms with Crippen LogP contribution < -0.4 is 10.5 Å². The van der Waals surface area contributed by atoms with Crippen LogP contribution in [0.25, 0.3) is 0 Å². The minimum absolute atomic E-state index is 0.239. The van der Waals surface area contributed by atoms with Gasteiger partial charge in [-0.1, -0.05) is 37.6 Å². The third kappa shape index (κ3) is 4.90. The normalized spacial score (nSPS) is 17.4. The van der Waals surface area contributed by atoms with E-state index in [1.165, 1.54) is 41.7 Å². The molecular weight excluding hydrogens is 337 g/mol. The van der Waals surface area contributed by atoms with E-state index in [0.29, 0.717) is 17.6 Å². The zero-order valence-corrected chi connectivity index (χ0v) is 16.6. The van der Waals surface area contributed by atoms with Crippen LogP contribution in [0.1, 0.15) is 60.8 Å². The smallest absolute Gasteiger partial charge is 0.126 e. The van der Waals surface area contributed by atoms with Gasteiger partial charge in [-0.15, -0.1) is 0 Å². The lowest BCUT2D eigenvalue weighted by Gasteiger charge is -2.26. The molecule has 3 heteroatoms. The highest BCUT2D eigenvalue weighted by molar-refractivity contribution is 5.37. The molecule has 2 nitrogen and oxygen atoms in total. The number of aryl methyl sites for hydroxylation is 2. The molecule has 0 amide bonds. The molecule has 0 bridgehead atoms. The van der Waals surface area contributed by atoms with Gasteiger partial charge in [0.1, 0.15) is 11.6 Å². The third-order valence-electron chi connectivity index (χ3n) is 6.02. The van der Waals surface area contributed by atoms with Crippen LogP contribution in [0.2, 0.25) is 0 Å². The second kappa shape index (κ2) is 9.36. The van der Waals surface area contributed by atoms with Crippen molar-refractivity contribution in [1.29, 1.82) is 0 Å². The molecule has 27 heavy (non-hydrogen) atoms. The summed E-state index contributed by atoms with van der Waals surface area (Å²) in [4.78, 5) is 0. The number of rotatable bonds is 8. The summed E-state index contributed by atoms with van der Waals surface area (Å²) in [6, 6.07) is 11.9. The van der Waals surface area contributed by atoms with E-state index in [4.69, 9.17) is 10.5 Å². The minimum atomic E-state index is -0.239. The lowest BCUT2D eigenvalue weighted by molar-refractivity contribution is 0.395. The van der Waals surface area contributed by atoms with Crippen molar-refractivity contribution in [3.05, 3.63) is 64.5 Å². The van der Waals surface area contributed by atoms with Crippen LogP contribution in [-0.2, 0) is 19.3 Å². The number of ether oxygens (including phenoxy) is 1. The van der Waals surface area contributed by atoms with Crippen molar-refractivity contribution in [2.45, 2.75) is 57.8 Å². The van der Waals surface area contributed by atoms with Crippen LogP contribution in [-0.4, -0.2) is 13.7 Å². The highest BCUT2D eigenvalue weighted by Crippen LogP contribution is 2.32. The van der Waals surface area contributed by atoms with E-state index in [1.807, 2.05) is 6.07 Å². The van der Waals surface area contributed by atoms with Gasteiger partial charge in [0.25, 0.3) is 0 Å². The Kier molecular flexibility index (Phi) is 6.89. The van der Waals surface area contributed by atoms with Gasteiger partial charge in [0, 0.05) is 6.07 Å². The highest BCUT2D eigenvalue weighted by atomic mass is 19.1. The van der Waals surface area contributed by atoms with E-state index < -0.39 is 0 Å². The molecule has 0 radical (unpaired) electrons. The Labute approximate surface area is 162 Å². The predicted molar refractivity (Wildman–Crippen MR) is 110 cm³/mol. The van der Waals surface area contributed by atoms with E-state index >= 15 is 0 Å². The molecule has 0 aliphatic heterocycles. The maximum atomic E-state index is 13.4. The summed E-state index contributed by atoms with van der Waals surface area (Å²) in [6.45, 7) is 2.95. The van der Waals surface area contributed by atoms with Crippen molar-refractivity contribution in [3.8, 4) is 5.75 Å². The number of hydrogen-bond donors (Lipinski definition) is 1. The van der Waals surface area contributed by atoms with Gasteiger partial charge < -0.3 is 10.5 Å². The Bertz CT molecular complexity index is 758. The molecule has 2 unspecified atom stereocenters. The number of halogens is 1. The average molecular weight is 370 g/mol. The second-order valence-corrected chi connectivity index (χ2v) is 7.85. The highest BCUT2D eigenvalue weighted by Gasteiger charge is 2.20. The Hall–Kier alpha value is -1.87. The Balaban J connectivity index is 1.63. The maximum absolute atomic E-state index is 13.4. The quantitative estimate of drug-likeness (QED) is 0.675. The standard InChI is InChI=1S/C24H32FNO/c1-3-4-22(16-26)21-10-9-19-13-17(6-8-20(19)14-21)5-7-18-11-12-23(25)15-24(18)27-2/h9-12,14-15,17,22H,3-8,13,16,26H2,1-2H3.